The molecule has 0 atom stereocenters. The van der Waals surface area contributed by atoms with Crippen LogP contribution in [0.25, 0.3) is 0 Å². The van der Waals surface area contributed by atoms with Crippen LogP contribution in [0.3, 0.4) is 0 Å². The predicted molar refractivity (Wildman–Crippen MR) is 89.9 cm³/mol. The van der Waals surface area contributed by atoms with E-state index in [1.807, 2.05) is 18.2 Å². The van der Waals surface area contributed by atoms with Crippen molar-refractivity contribution < 1.29 is 19.0 Å². The van der Waals surface area contributed by atoms with Crippen molar-refractivity contribution in [2.75, 3.05) is 13.4 Å². The highest BCUT2D eigenvalue weighted by atomic mass is 35.5. The maximum Gasteiger partial charge on any atom is 0.277 e. The van der Waals surface area contributed by atoms with E-state index in [2.05, 4.69) is 10.5 Å². The van der Waals surface area contributed by atoms with Crippen LogP contribution in [0.15, 0.2) is 47.6 Å². The van der Waals surface area contributed by atoms with Gasteiger partial charge in [0, 0.05) is 10.6 Å². The summed E-state index contributed by atoms with van der Waals surface area (Å²) in [7, 11) is 0. The first-order valence-corrected chi connectivity index (χ1v) is 7.61. The van der Waals surface area contributed by atoms with Gasteiger partial charge >= 0.3 is 0 Å². The lowest BCUT2D eigenvalue weighted by Crippen LogP contribution is -2.25. The standard InChI is InChI=1S/C17H15ClN2O4/c1-11(12-2-7-15-16(8-12)24-10-23-15)19-20-17(21)9-22-14-5-3-13(18)4-6-14/h2-8H,9-10H2,1H3,(H,20,21)/b19-11+. The molecule has 24 heavy (non-hydrogen) atoms. The Kier molecular flexibility index (Phi) is 4.86. The third-order valence-electron chi connectivity index (χ3n) is 3.32. The quantitative estimate of drug-likeness (QED) is 0.667. The number of nitrogens with one attached hydrogen (secondary N) is 1. The van der Waals surface area contributed by atoms with Gasteiger partial charge in [-0.3, -0.25) is 4.79 Å². The van der Waals surface area contributed by atoms with Crippen LogP contribution in [0.5, 0.6) is 17.2 Å². The maximum atomic E-state index is 11.8. The minimum atomic E-state index is -0.356. The summed E-state index contributed by atoms with van der Waals surface area (Å²) in [5, 5.41) is 4.67. The van der Waals surface area contributed by atoms with E-state index in [1.54, 1.807) is 31.2 Å². The fourth-order valence-corrected chi connectivity index (χ4v) is 2.17. The normalized spacial score (nSPS) is 12.8. The molecule has 2 aromatic carbocycles. The van der Waals surface area contributed by atoms with E-state index in [0.29, 0.717) is 28.0 Å². The Hall–Kier alpha value is -2.73. The zero-order chi connectivity index (χ0) is 16.9. The van der Waals surface area contributed by atoms with Crippen LogP contribution in [0.1, 0.15) is 12.5 Å². The lowest BCUT2D eigenvalue weighted by atomic mass is 10.1. The summed E-state index contributed by atoms with van der Waals surface area (Å²) >= 11 is 5.78. The SMILES string of the molecule is C/C(=N\NC(=O)COc1ccc(Cl)cc1)c1ccc2c(c1)OCO2. The van der Waals surface area contributed by atoms with Crippen LogP contribution in [0.2, 0.25) is 5.02 Å². The number of halogens is 1. The second-order valence-electron chi connectivity index (χ2n) is 5.04. The molecule has 1 aliphatic rings. The second-order valence-corrected chi connectivity index (χ2v) is 5.48. The van der Waals surface area contributed by atoms with E-state index in [9.17, 15) is 4.79 Å². The van der Waals surface area contributed by atoms with Crippen molar-refractivity contribution in [1.29, 1.82) is 0 Å². The topological polar surface area (TPSA) is 69.2 Å². The lowest BCUT2D eigenvalue weighted by Gasteiger charge is -2.06. The van der Waals surface area contributed by atoms with Crippen molar-refractivity contribution in [3.8, 4) is 17.2 Å². The van der Waals surface area contributed by atoms with Crippen LogP contribution < -0.4 is 19.6 Å². The summed E-state index contributed by atoms with van der Waals surface area (Å²) in [5.41, 5.74) is 3.93. The van der Waals surface area contributed by atoms with E-state index in [4.69, 9.17) is 25.8 Å². The molecule has 0 aromatic heterocycles. The predicted octanol–water partition coefficient (Wildman–Crippen LogP) is 2.99. The average molecular weight is 347 g/mol. The maximum absolute atomic E-state index is 11.8. The summed E-state index contributed by atoms with van der Waals surface area (Å²) in [6, 6.07) is 12.2. The Morgan fingerprint density at radius 1 is 1.21 bits per heavy atom. The Bertz CT molecular complexity index is 775. The molecule has 1 aliphatic heterocycles. The van der Waals surface area contributed by atoms with Crippen LogP contribution in [-0.2, 0) is 4.79 Å². The highest BCUT2D eigenvalue weighted by molar-refractivity contribution is 6.30. The summed E-state index contributed by atoms with van der Waals surface area (Å²) in [6.07, 6.45) is 0. The number of rotatable bonds is 5. The third-order valence-corrected chi connectivity index (χ3v) is 3.57. The smallest absolute Gasteiger partial charge is 0.277 e. The van der Waals surface area contributed by atoms with Gasteiger partial charge in [0.15, 0.2) is 18.1 Å². The number of amides is 1. The molecule has 0 spiro atoms. The van der Waals surface area contributed by atoms with Gasteiger partial charge in [-0.05, 0) is 49.4 Å². The van der Waals surface area contributed by atoms with Crippen molar-refractivity contribution in [3.63, 3.8) is 0 Å². The fourth-order valence-electron chi connectivity index (χ4n) is 2.04. The molecular weight excluding hydrogens is 332 g/mol. The Morgan fingerprint density at radius 3 is 2.75 bits per heavy atom. The number of hydrogen-bond donors (Lipinski definition) is 1. The Labute approximate surface area is 144 Å². The largest absolute Gasteiger partial charge is 0.484 e. The van der Waals surface area contributed by atoms with Crippen molar-refractivity contribution in [1.82, 2.24) is 5.43 Å². The van der Waals surface area contributed by atoms with E-state index < -0.39 is 0 Å². The zero-order valence-electron chi connectivity index (χ0n) is 12.9. The molecule has 0 fully saturated rings. The molecule has 1 amide bonds. The monoisotopic (exact) mass is 346 g/mol. The van der Waals surface area contributed by atoms with Crippen molar-refractivity contribution in [2.24, 2.45) is 5.10 Å². The number of fused-ring (bicyclic) bond motifs is 1. The number of ether oxygens (including phenoxy) is 3. The summed E-state index contributed by atoms with van der Waals surface area (Å²) in [5.74, 6) is 1.57. The molecule has 1 heterocycles. The van der Waals surface area contributed by atoms with E-state index in [0.717, 1.165) is 5.56 Å². The number of carbonyl (C=O) groups excluding carboxylic acids is 1. The number of hydrazone groups is 1. The molecule has 3 rings (SSSR count). The van der Waals surface area contributed by atoms with Gasteiger partial charge in [0.25, 0.3) is 5.91 Å². The molecular formula is C17H15ClN2O4. The van der Waals surface area contributed by atoms with Gasteiger partial charge in [-0.15, -0.1) is 0 Å². The molecule has 1 N–H and O–H groups in total. The van der Waals surface area contributed by atoms with Crippen molar-refractivity contribution in [2.45, 2.75) is 6.92 Å². The summed E-state index contributed by atoms with van der Waals surface area (Å²) < 4.78 is 15.9. The van der Waals surface area contributed by atoms with Gasteiger partial charge in [0.1, 0.15) is 5.75 Å². The second kappa shape index (κ2) is 7.23. The first-order chi connectivity index (χ1) is 11.6. The number of hydrogen-bond acceptors (Lipinski definition) is 5. The molecule has 0 saturated carbocycles. The Morgan fingerprint density at radius 2 is 1.96 bits per heavy atom. The van der Waals surface area contributed by atoms with Gasteiger partial charge in [-0.25, -0.2) is 5.43 Å². The number of nitrogens with zero attached hydrogens (tertiary/aromatic N) is 1. The molecule has 0 radical (unpaired) electrons. The lowest BCUT2D eigenvalue weighted by molar-refractivity contribution is -0.123. The third kappa shape index (κ3) is 3.97. The molecule has 0 bridgehead atoms. The minimum absolute atomic E-state index is 0.139. The van der Waals surface area contributed by atoms with Crippen molar-refractivity contribution >= 4 is 23.2 Å². The molecule has 0 unspecified atom stereocenters. The van der Waals surface area contributed by atoms with Gasteiger partial charge < -0.3 is 14.2 Å². The summed E-state index contributed by atoms with van der Waals surface area (Å²) in [4.78, 5) is 11.8. The zero-order valence-corrected chi connectivity index (χ0v) is 13.7. The molecule has 0 aliphatic carbocycles. The first kappa shape index (κ1) is 16.1. The van der Waals surface area contributed by atoms with Gasteiger partial charge in [-0.2, -0.15) is 5.10 Å². The van der Waals surface area contributed by atoms with Crippen LogP contribution >= 0.6 is 11.6 Å². The van der Waals surface area contributed by atoms with E-state index in [1.165, 1.54) is 0 Å². The minimum Gasteiger partial charge on any atom is -0.484 e. The van der Waals surface area contributed by atoms with Gasteiger partial charge in [-0.1, -0.05) is 11.6 Å². The highest BCUT2D eigenvalue weighted by Crippen LogP contribution is 2.32. The Balaban J connectivity index is 1.54. The van der Waals surface area contributed by atoms with Crippen LogP contribution in [-0.4, -0.2) is 25.0 Å². The number of carbonyl (C=O) groups is 1. The molecule has 0 saturated heterocycles. The van der Waals surface area contributed by atoms with Crippen LogP contribution in [0.4, 0.5) is 0 Å². The van der Waals surface area contributed by atoms with Crippen molar-refractivity contribution in [3.05, 3.63) is 53.1 Å². The fraction of sp³-hybridized carbons (Fsp3) is 0.176. The summed E-state index contributed by atoms with van der Waals surface area (Å²) in [6.45, 7) is 1.87. The molecule has 124 valence electrons. The van der Waals surface area contributed by atoms with Crippen LogP contribution in [0, 0.1) is 0 Å². The van der Waals surface area contributed by atoms with E-state index >= 15 is 0 Å². The van der Waals surface area contributed by atoms with Gasteiger partial charge in [0.05, 0.1) is 5.71 Å². The molecule has 7 heteroatoms. The average Bonchev–Trinajstić information content (AvgIpc) is 3.06. The van der Waals surface area contributed by atoms with E-state index in [-0.39, 0.29) is 19.3 Å². The van der Waals surface area contributed by atoms with Gasteiger partial charge in [0.2, 0.25) is 6.79 Å². The highest BCUT2D eigenvalue weighted by Gasteiger charge is 2.14. The first-order valence-electron chi connectivity index (χ1n) is 7.23. The number of benzene rings is 2. The molecule has 2 aromatic rings. The molecule has 6 nitrogen and oxygen atoms in total.